The van der Waals surface area contributed by atoms with E-state index in [0.717, 1.165) is 47.2 Å². The molecule has 0 bridgehead atoms. The third kappa shape index (κ3) is 5.20. The first-order chi connectivity index (χ1) is 19.7. The molecule has 2 aliphatic heterocycles. The molecule has 2 aliphatic rings. The lowest BCUT2D eigenvalue weighted by Gasteiger charge is -2.42. The Bertz CT molecular complexity index is 1590. The van der Waals surface area contributed by atoms with Crippen molar-refractivity contribution in [3.63, 3.8) is 0 Å². The molecule has 2 heterocycles. The SMILES string of the molecule is N#CNC(=Nc1cccc2c1CCNC2)N1CCN(C(=O)Nc2cccc3ccccc23)C(c2ccccc2)C1. The fourth-order valence-electron chi connectivity index (χ4n) is 5.66. The molecule has 1 saturated heterocycles. The molecule has 3 N–H and O–H groups in total. The first-order valence-corrected chi connectivity index (χ1v) is 13.6. The topological polar surface area (TPSA) is 95.8 Å². The zero-order valence-corrected chi connectivity index (χ0v) is 22.2. The highest BCUT2D eigenvalue weighted by Gasteiger charge is 2.33. The number of aliphatic imine (C=N–C) groups is 1. The van der Waals surface area contributed by atoms with Gasteiger partial charge in [0, 0.05) is 31.6 Å². The number of urea groups is 1. The molecule has 0 radical (unpaired) electrons. The molecule has 8 heteroatoms. The molecular weight excluding hydrogens is 498 g/mol. The van der Waals surface area contributed by atoms with Gasteiger partial charge >= 0.3 is 6.03 Å². The summed E-state index contributed by atoms with van der Waals surface area (Å²) < 4.78 is 0. The number of fused-ring (bicyclic) bond motifs is 2. The number of nitrogens with one attached hydrogen (secondary N) is 3. The summed E-state index contributed by atoms with van der Waals surface area (Å²) in [5.74, 6) is 0.504. The van der Waals surface area contributed by atoms with E-state index in [1.807, 2.05) is 89.8 Å². The predicted molar refractivity (Wildman–Crippen MR) is 158 cm³/mol. The summed E-state index contributed by atoms with van der Waals surface area (Å²) in [6.07, 6.45) is 2.97. The number of guanidine groups is 1. The number of rotatable bonds is 3. The standard InChI is InChI=1S/C32H31N7O/c33-22-35-31(36-28-14-7-12-25-20-34-17-16-27(25)28)38-18-19-39(30(21-38)24-9-2-1-3-10-24)32(40)37-29-15-6-11-23-8-4-5-13-26(23)29/h1-15,30,34H,16-21H2,(H,35,36)(H,37,40). The molecule has 1 unspecified atom stereocenters. The first kappa shape index (κ1) is 25.4. The summed E-state index contributed by atoms with van der Waals surface area (Å²) in [6, 6.07) is 29.8. The van der Waals surface area contributed by atoms with Crippen LogP contribution in [0.25, 0.3) is 10.8 Å². The molecule has 0 spiro atoms. The lowest BCUT2D eigenvalue weighted by atomic mass is 9.99. The summed E-state index contributed by atoms with van der Waals surface area (Å²) in [5.41, 5.74) is 5.14. The van der Waals surface area contributed by atoms with Crippen molar-refractivity contribution < 1.29 is 4.79 Å². The number of nitriles is 1. The Hall–Kier alpha value is -4.87. The van der Waals surface area contributed by atoms with E-state index in [-0.39, 0.29) is 12.1 Å². The number of hydrogen-bond donors (Lipinski definition) is 3. The number of benzene rings is 4. The smallest absolute Gasteiger partial charge is 0.322 e. The number of carbonyl (C=O) groups is 1. The molecule has 4 aromatic rings. The monoisotopic (exact) mass is 529 g/mol. The fourth-order valence-corrected chi connectivity index (χ4v) is 5.66. The lowest BCUT2D eigenvalue weighted by Crippen LogP contribution is -2.55. The molecule has 4 aromatic carbocycles. The summed E-state index contributed by atoms with van der Waals surface area (Å²) >= 11 is 0. The minimum Gasteiger partial charge on any atom is -0.338 e. The normalized spacial score (nSPS) is 17.2. The van der Waals surface area contributed by atoms with E-state index < -0.39 is 0 Å². The van der Waals surface area contributed by atoms with Crippen LogP contribution >= 0.6 is 0 Å². The molecule has 6 rings (SSSR count). The maximum atomic E-state index is 13.7. The van der Waals surface area contributed by atoms with E-state index in [2.05, 4.69) is 33.1 Å². The van der Waals surface area contributed by atoms with Crippen molar-refractivity contribution in [2.75, 3.05) is 31.5 Å². The van der Waals surface area contributed by atoms with Gasteiger partial charge in [-0.1, -0.05) is 78.9 Å². The van der Waals surface area contributed by atoms with E-state index >= 15 is 0 Å². The maximum absolute atomic E-state index is 13.7. The Morgan fingerprint density at radius 2 is 1.75 bits per heavy atom. The van der Waals surface area contributed by atoms with Gasteiger partial charge in [-0.2, -0.15) is 5.26 Å². The van der Waals surface area contributed by atoms with Crippen molar-refractivity contribution in [1.82, 2.24) is 20.4 Å². The first-order valence-electron chi connectivity index (χ1n) is 13.6. The van der Waals surface area contributed by atoms with E-state index in [1.165, 1.54) is 11.1 Å². The zero-order valence-electron chi connectivity index (χ0n) is 22.2. The lowest BCUT2D eigenvalue weighted by molar-refractivity contribution is 0.135. The minimum absolute atomic E-state index is 0.152. The molecule has 0 saturated carbocycles. The summed E-state index contributed by atoms with van der Waals surface area (Å²) in [4.78, 5) is 22.6. The second-order valence-electron chi connectivity index (χ2n) is 10.0. The molecule has 200 valence electrons. The van der Waals surface area contributed by atoms with E-state index in [1.54, 1.807) is 0 Å². The van der Waals surface area contributed by atoms with Crippen molar-refractivity contribution in [1.29, 1.82) is 5.26 Å². The molecule has 1 atom stereocenters. The number of amides is 2. The van der Waals surface area contributed by atoms with Gasteiger partial charge in [-0.3, -0.25) is 5.32 Å². The van der Waals surface area contributed by atoms with Crippen molar-refractivity contribution >= 4 is 34.1 Å². The van der Waals surface area contributed by atoms with E-state index in [9.17, 15) is 10.1 Å². The van der Waals surface area contributed by atoms with Crippen molar-refractivity contribution in [2.45, 2.75) is 19.0 Å². The fraction of sp³-hybridized carbons (Fsp3) is 0.219. The van der Waals surface area contributed by atoms with Crippen LogP contribution in [-0.2, 0) is 13.0 Å². The second kappa shape index (κ2) is 11.5. The van der Waals surface area contributed by atoms with E-state index in [4.69, 9.17) is 4.99 Å². The van der Waals surface area contributed by atoms with Crippen LogP contribution in [0.4, 0.5) is 16.2 Å². The van der Waals surface area contributed by atoms with Gasteiger partial charge < -0.3 is 20.4 Å². The van der Waals surface area contributed by atoms with Gasteiger partial charge in [0.1, 0.15) is 0 Å². The van der Waals surface area contributed by atoms with Crippen LogP contribution in [0.15, 0.2) is 96.0 Å². The van der Waals surface area contributed by atoms with Gasteiger partial charge in [-0.05, 0) is 47.2 Å². The summed E-state index contributed by atoms with van der Waals surface area (Å²) in [6.45, 7) is 3.23. The Morgan fingerprint density at radius 1 is 0.950 bits per heavy atom. The number of hydrogen-bond acceptors (Lipinski definition) is 4. The third-order valence-corrected chi connectivity index (χ3v) is 7.67. The highest BCUT2D eigenvalue weighted by Crippen LogP contribution is 2.30. The summed E-state index contributed by atoms with van der Waals surface area (Å²) in [5, 5.41) is 21.1. The van der Waals surface area contributed by atoms with Crippen LogP contribution in [0.5, 0.6) is 0 Å². The van der Waals surface area contributed by atoms with Crippen LogP contribution < -0.4 is 16.0 Å². The van der Waals surface area contributed by atoms with Crippen molar-refractivity contribution in [3.05, 3.63) is 108 Å². The van der Waals surface area contributed by atoms with Crippen LogP contribution in [0.1, 0.15) is 22.7 Å². The van der Waals surface area contributed by atoms with Crippen molar-refractivity contribution in [3.8, 4) is 6.19 Å². The zero-order chi connectivity index (χ0) is 27.3. The van der Waals surface area contributed by atoms with Gasteiger partial charge in [0.05, 0.1) is 17.4 Å². The van der Waals surface area contributed by atoms with Crippen LogP contribution in [0, 0.1) is 11.5 Å². The highest BCUT2D eigenvalue weighted by atomic mass is 16.2. The van der Waals surface area contributed by atoms with Gasteiger partial charge in [0.15, 0.2) is 6.19 Å². The molecule has 40 heavy (non-hydrogen) atoms. The predicted octanol–water partition coefficient (Wildman–Crippen LogP) is 5.13. The Labute approximate surface area is 233 Å². The number of piperazine rings is 1. The quantitative estimate of drug-likeness (QED) is 0.148. The van der Waals surface area contributed by atoms with Gasteiger partial charge in [-0.15, -0.1) is 0 Å². The Balaban J connectivity index is 1.30. The third-order valence-electron chi connectivity index (χ3n) is 7.67. The number of nitrogens with zero attached hydrogens (tertiary/aromatic N) is 4. The number of carbonyl (C=O) groups excluding carboxylic acids is 1. The Morgan fingerprint density at radius 3 is 2.62 bits per heavy atom. The molecule has 2 amide bonds. The molecular formula is C32H31N7O. The maximum Gasteiger partial charge on any atom is 0.322 e. The van der Waals surface area contributed by atoms with E-state index in [0.29, 0.717) is 25.6 Å². The molecule has 0 aromatic heterocycles. The Kier molecular flexibility index (Phi) is 7.29. The van der Waals surface area contributed by atoms with Gasteiger partial charge in [-0.25, -0.2) is 9.79 Å². The molecule has 0 aliphatic carbocycles. The minimum atomic E-state index is -0.232. The largest absolute Gasteiger partial charge is 0.338 e. The number of anilines is 1. The second-order valence-corrected chi connectivity index (χ2v) is 10.0. The van der Waals surface area contributed by atoms with Gasteiger partial charge in [0.2, 0.25) is 5.96 Å². The summed E-state index contributed by atoms with van der Waals surface area (Å²) in [7, 11) is 0. The van der Waals surface area contributed by atoms with Crippen molar-refractivity contribution in [2.24, 2.45) is 4.99 Å². The average molecular weight is 530 g/mol. The van der Waals surface area contributed by atoms with Crippen LogP contribution in [0.2, 0.25) is 0 Å². The molecule has 8 nitrogen and oxygen atoms in total. The van der Waals surface area contributed by atoms with Crippen LogP contribution in [0.3, 0.4) is 0 Å². The highest BCUT2D eigenvalue weighted by molar-refractivity contribution is 6.01. The van der Waals surface area contributed by atoms with Crippen LogP contribution in [-0.4, -0.2) is 48.0 Å². The van der Waals surface area contributed by atoms with Gasteiger partial charge in [0.25, 0.3) is 0 Å². The molecule has 1 fully saturated rings. The average Bonchev–Trinajstić information content (AvgIpc) is 3.01.